The number of hydrogen-bond acceptors (Lipinski definition) is 3. The maximum atomic E-state index is 12.0. The third-order valence-corrected chi connectivity index (χ3v) is 2.57. The summed E-state index contributed by atoms with van der Waals surface area (Å²) >= 11 is 0. The van der Waals surface area contributed by atoms with E-state index >= 15 is 0 Å². The van der Waals surface area contributed by atoms with Crippen molar-refractivity contribution in [2.45, 2.75) is 19.9 Å². The van der Waals surface area contributed by atoms with E-state index in [2.05, 4.69) is 16.3 Å². The Morgan fingerprint density at radius 2 is 2.47 bits per heavy atom. The largest absolute Gasteiger partial charge is 0.463 e. The highest BCUT2D eigenvalue weighted by molar-refractivity contribution is 5.93. The second kappa shape index (κ2) is 5.91. The van der Waals surface area contributed by atoms with Crippen molar-refractivity contribution in [3.63, 3.8) is 0 Å². The predicted molar refractivity (Wildman–Crippen MR) is 71.4 cm³/mol. The molecule has 98 valence electrons. The summed E-state index contributed by atoms with van der Waals surface area (Å²) in [5.74, 6) is 2.79. The number of aryl methyl sites for hydroxylation is 1. The summed E-state index contributed by atoms with van der Waals surface area (Å²) in [5, 5.41) is 7.02. The molecule has 2 aromatic heterocycles. The van der Waals surface area contributed by atoms with Gasteiger partial charge in [0.15, 0.2) is 5.76 Å². The van der Waals surface area contributed by atoms with Crippen molar-refractivity contribution in [2.75, 3.05) is 6.54 Å². The molecule has 0 radical (unpaired) electrons. The molecule has 0 spiro atoms. The van der Waals surface area contributed by atoms with Gasteiger partial charge in [0.1, 0.15) is 11.4 Å². The van der Waals surface area contributed by atoms with E-state index in [1.165, 1.54) is 0 Å². The molecule has 1 N–H and O–H groups in total. The zero-order chi connectivity index (χ0) is 13.7. The van der Waals surface area contributed by atoms with Gasteiger partial charge in [-0.05, 0) is 18.6 Å². The van der Waals surface area contributed by atoms with Crippen LogP contribution in [0.5, 0.6) is 0 Å². The lowest BCUT2D eigenvalue weighted by Crippen LogP contribution is -2.26. The summed E-state index contributed by atoms with van der Waals surface area (Å²) in [6.07, 6.45) is 7.59. The minimum atomic E-state index is -0.225. The number of amides is 1. The monoisotopic (exact) mass is 257 g/mol. The van der Waals surface area contributed by atoms with Gasteiger partial charge in [-0.25, -0.2) is 0 Å². The maximum Gasteiger partial charge on any atom is 0.270 e. The molecule has 0 aromatic carbocycles. The van der Waals surface area contributed by atoms with Gasteiger partial charge in [0.05, 0.1) is 12.8 Å². The van der Waals surface area contributed by atoms with E-state index in [0.29, 0.717) is 23.7 Å². The molecule has 1 amide bonds. The van der Waals surface area contributed by atoms with Crippen molar-refractivity contribution in [1.82, 2.24) is 15.1 Å². The van der Waals surface area contributed by atoms with Gasteiger partial charge in [-0.2, -0.15) is 5.10 Å². The smallest absolute Gasteiger partial charge is 0.270 e. The van der Waals surface area contributed by atoms with Gasteiger partial charge in [-0.15, -0.1) is 6.42 Å². The quantitative estimate of drug-likeness (QED) is 0.832. The van der Waals surface area contributed by atoms with Crippen molar-refractivity contribution in [2.24, 2.45) is 0 Å². The number of nitrogens with zero attached hydrogens (tertiary/aromatic N) is 2. The van der Waals surface area contributed by atoms with Gasteiger partial charge < -0.3 is 9.73 Å². The van der Waals surface area contributed by atoms with Crippen LogP contribution in [-0.4, -0.2) is 22.2 Å². The molecule has 0 aliphatic rings. The summed E-state index contributed by atoms with van der Waals surface area (Å²) in [4.78, 5) is 12.0. The first-order valence-corrected chi connectivity index (χ1v) is 6.09. The van der Waals surface area contributed by atoms with E-state index in [-0.39, 0.29) is 12.5 Å². The Balaban J connectivity index is 2.31. The topological polar surface area (TPSA) is 60.1 Å². The van der Waals surface area contributed by atoms with E-state index in [1.54, 1.807) is 23.1 Å². The summed E-state index contributed by atoms with van der Waals surface area (Å²) in [6, 6.07) is 5.30. The number of aromatic nitrogens is 2. The van der Waals surface area contributed by atoms with Gasteiger partial charge in [0.25, 0.3) is 5.91 Å². The Labute approximate surface area is 111 Å². The van der Waals surface area contributed by atoms with Crippen molar-refractivity contribution in [1.29, 1.82) is 0 Å². The predicted octanol–water partition coefficient (Wildman–Crippen LogP) is 1.92. The van der Waals surface area contributed by atoms with Crippen LogP contribution in [0.25, 0.3) is 11.5 Å². The van der Waals surface area contributed by atoms with Crippen LogP contribution in [0, 0.1) is 12.3 Å². The fraction of sp³-hybridized carbons (Fsp3) is 0.286. The molecule has 2 heterocycles. The number of rotatable bonds is 5. The number of hydrogen-bond donors (Lipinski definition) is 1. The fourth-order valence-corrected chi connectivity index (χ4v) is 1.75. The highest BCUT2D eigenvalue weighted by Gasteiger charge is 2.16. The number of carbonyl (C=O) groups is 1. The molecule has 0 atom stereocenters. The Hall–Kier alpha value is -2.48. The molecule has 2 aromatic rings. The zero-order valence-electron chi connectivity index (χ0n) is 10.7. The molecule has 5 heteroatoms. The highest BCUT2D eigenvalue weighted by Crippen LogP contribution is 2.19. The maximum absolute atomic E-state index is 12.0. The molecule has 5 nitrogen and oxygen atoms in total. The molecule has 2 rings (SSSR count). The van der Waals surface area contributed by atoms with Crippen LogP contribution in [0.3, 0.4) is 0 Å². The van der Waals surface area contributed by atoms with Gasteiger partial charge in [0, 0.05) is 12.6 Å². The Morgan fingerprint density at radius 1 is 1.63 bits per heavy atom. The molecule has 0 saturated heterocycles. The Morgan fingerprint density at radius 3 is 3.11 bits per heavy atom. The van der Waals surface area contributed by atoms with Crippen molar-refractivity contribution in [3.8, 4) is 23.8 Å². The molecule has 0 fully saturated rings. The Kier molecular flexibility index (Phi) is 4.04. The van der Waals surface area contributed by atoms with E-state index in [1.807, 2.05) is 13.0 Å². The lowest BCUT2D eigenvalue weighted by Gasteiger charge is -2.04. The minimum absolute atomic E-state index is 0.201. The molecule has 19 heavy (non-hydrogen) atoms. The van der Waals surface area contributed by atoms with Crippen LogP contribution in [0.2, 0.25) is 0 Å². The van der Waals surface area contributed by atoms with Gasteiger partial charge in [0.2, 0.25) is 0 Å². The summed E-state index contributed by atoms with van der Waals surface area (Å²) < 4.78 is 6.96. The molecule has 0 aliphatic carbocycles. The van der Waals surface area contributed by atoms with Crippen molar-refractivity contribution < 1.29 is 9.21 Å². The third kappa shape index (κ3) is 2.86. The number of carbonyl (C=O) groups excluding carboxylic acids is 1. The lowest BCUT2D eigenvalue weighted by atomic mass is 10.3. The normalized spacial score (nSPS) is 10.1. The van der Waals surface area contributed by atoms with E-state index in [4.69, 9.17) is 10.8 Å². The van der Waals surface area contributed by atoms with Gasteiger partial charge in [-0.3, -0.25) is 9.48 Å². The first kappa shape index (κ1) is 13.0. The van der Waals surface area contributed by atoms with Gasteiger partial charge >= 0.3 is 0 Å². The van der Waals surface area contributed by atoms with Crippen LogP contribution >= 0.6 is 0 Å². The second-order valence-electron chi connectivity index (χ2n) is 4.00. The fourth-order valence-electron chi connectivity index (χ4n) is 1.75. The average Bonchev–Trinajstić information content (AvgIpc) is 3.04. The molecular weight excluding hydrogens is 242 g/mol. The van der Waals surface area contributed by atoms with Crippen LogP contribution < -0.4 is 5.32 Å². The molecule has 0 saturated carbocycles. The number of nitrogens with one attached hydrogen (secondary N) is 1. The summed E-state index contributed by atoms with van der Waals surface area (Å²) in [5.41, 5.74) is 1.13. The highest BCUT2D eigenvalue weighted by atomic mass is 16.3. The molecular formula is C14H15N3O2. The molecule has 0 unspecified atom stereocenters. The van der Waals surface area contributed by atoms with Crippen LogP contribution in [0.15, 0.2) is 28.9 Å². The number of furan rings is 1. The van der Waals surface area contributed by atoms with Crippen molar-refractivity contribution in [3.05, 3.63) is 30.2 Å². The second-order valence-corrected chi connectivity index (χ2v) is 4.00. The van der Waals surface area contributed by atoms with E-state index in [9.17, 15) is 4.79 Å². The first-order valence-electron chi connectivity index (χ1n) is 6.09. The third-order valence-electron chi connectivity index (χ3n) is 2.57. The lowest BCUT2D eigenvalue weighted by molar-refractivity contribution is 0.0947. The Bertz CT molecular complexity index is 591. The van der Waals surface area contributed by atoms with E-state index in [0.717, 1.165) is 6.42 Å². The standard InChI is InChI=1S/C14H15N3O2/c1-3-7-15-14(18)12-10-11(13-6-5-9-19-13)16-17(12)8-4-2/h1,5-6,9-10H,4,7-8H2,2H3,(H,15,18). The minimum Gasteiger partial charge on any atom is -0.463 e. The summed E-state index contributed by atoms with van der Waals surface area (Å²) in [7, 11) is 0. The SMILES string of the molecule is C#CCNC(=O)c1cc(-c2ccco2)nn1CCC. The summed E-state index contributed by atoms with van der Waals surface area (Å²) in [6.45, 7) is 2.89. The average molecular weight is 257 g/mol. The van der Waals surface area contributed by atoms with Crippen molar-refractivity contribution >= 4 is 5.91 Å². The first-order chi connectivity index (χ1) is 9.26. The van der Waals surface area contributed by atoms with Crippen LogP contribution in [0.4, 0.5) is 0 Å². The zero-order valence-corrected chi connectivity index (χ0v) is 10.7. The molecule has 0 aliphatic heterocycles. The number of terminal acetylenes is 1. The van der Waals surface area contributed by atoms with Crippen LogP contribution in [0.1, 0.15) is 23.8 Å². The molecule has 0 bridgehead atoms. The van der Waals surface area contributed by atoms with Crippen LogP contribution in [-0.2, 0) is 6.54 Å². The van der Waals surface area contributed by atoms with E-state index < -0.39 is 0 Å². The van der Waals surface area contributed by atoms with Gasteiger partial charge in [-0.1, -0.05) is 12.8 Å².